The molecule has 34 heavy (non-hydrogen) atoms. The van der Waals surface area contributed by atoms with Crippen LogP contribution in [0.2, 0.25) is 5.02 Å². The molecule has 1 aliphatic heterocycles. The minimum absolute atomic E-state index is 0.160. The van der Waals surface area contributed by atoms with E-state index in [1.807, 2.05) is 42.6 Å². The number of pyridine rings is 1. The second kappa shape index (κ2) is 9.52. The lowest BCUT2D eigenvalue weighted by Crippen LogP contribution is -2.42. The number of benzene rings is 1. The largest absolute Gasteiger partial charge is 0.360 e. The molecule has 0 saturated carbocycles. The number of rotatable bonds is 6. The standard InChI is InChI=1S/C25H24ClN7O/c1-2-23(34)30-16-9-10-22(28-12-16)33-11-5-6-17(15-33)31-25-29-14-20(26)24(32-25)19-13-27-21-8-4-3-7-18(19)21/h2-4,7-10,12-14,17,27H,1,5-6,11,15H2,(H,30,34)(H,29,31,32)/t17-/m1/s1. The fraction of sp³-hybridized carbons (Fsp3) is 0.200. The van der Waals surface area contributed by atoms with Gasteiger partial charge in [0.25, 0.3) is 0 Å². The molecule has 3 aromatic heterocycles. The Morgan fingerprint density at radius 3 is 2.91 bits per heavy atom. The number of aromatic amines is 1. The Hall–Kier alpha value is -3.91. The number of hydrogen-bond acceptors (Lipinski definition) is 6. The van der Waals surface area contributed by atoms with Crippen molar-refractivity contribution in [1.82, 2.24) is 19.9 Å². The fourth-order valence-electron chi connectivity index (χ4n) is 4.22. The Labute approximate surface area is 202 Å². The van der Waals surface area contributed by atoms with E-state index in [9.17, 15) is 4.79 Å². The molecule has 0 radical (unpaired) electrons. The van der Waals surface area contributed by atoms with Gasteiger partial charge in [-0.25, -0.2) is 15.0 Å². The molecule has 4 heterocycles. The number of H-pyrrole nitrogens is 1. The predicted octanol–water partition coefficient (Wildman–Crippen LogP) is 4.88. The highest BCUT2D eigenvalue weighted by Gasteiger charge is 2.22. The lowest BCUT2D eigenvalue weighted by atomic mass is 10.1. The summed E-state index contributed by atoms with van der Waals surface area (Å²) in [6, 6.07) is 12.0. The van der Waals surface area contributed by atoms with Crippen LogP contribution in [-0.4, -0.2) is 45.0 Å². The van der Waals surface area contributed by atoms with Crippen molar-refractivity contribution in [3.05, 3.63) is 72.7 Å². The van der Waals surface area contributed by atoms with Crippen LogP contribution in [0.3, 0.4) is 0 Å². The molecule has 3 N–H and O–H groups in total. The molecule has 1 fully saturated rings. The molecule has 1 saturated heterocycles. The first-order valence-electron chi connectivity index (χ1n) is 11.1. The molecule has 4 aromatic rings. The Kier molecular flexibility index (Phi) is 6.14. The summed E-state index contributed by atoms with van der Waals surface area (Å²) in [5.41, 5.74) is 3.32. The van der Waals surface area contributed by atoms with Gasteiger partial charge in [-0.15, -0.1) is 0 Å². The average molecular weight is 474 g/mol. The number of hydrogen-bond donors (Lipinski definition) is 3. The molecular formula is C25H24ClN7O. The third-order valence-electron chi connectivity index (χ3n) is 5.87. The first-order valence-corrected chi connectivity index (χ1v) is 11.5. The van der Waals surface area contributed by atoms with Crippen molar-refractivity contribution in [2.24, 2.45) is 0 Å². The number of anilines is 3. The maximum atomic E-state index is 11.5. The minimum Gasteiger partial charge on any atom is -0.360 e. The lowest BCUT2D eigenvalue weighted by Gasteiger charge is -2.34. The molecule has 0 spiro atoms. The van der Waals surface area contributed by atoms with Crippen molar-refractivity contribution in [3.63, 3.8) is 0 Å². The van der Waals surface area contributed by atoms with Gasteiger partial charge in [-0.1, -0.05) is 36.4 Å². The second-order valence-electron chi connectivity index (χ2n) is 8.17. The average Bonchev–Trinajstić information content (AvgIpc) is 3.30. The number of carbonyl (C=O) groups is 1. The van der Waals surface area contributed by atoms with Gasteiger partial charge in [0.2, 0.25) is 11.9 Å². The fourth-order valence-corrected chi connectivity index (χ4v) is 4.41. The second-order valence-corrected chi connectivity index (χ2v) is 8.57. The van der Waals surface area contributed by atoms with Crippen molar-refractivity contribution in [3.8, 4) is 11.3 Å². The van der Waals surface area contributed by atoms with E-state index >= 15 is 0 Å². The van der Waals surface area contributed by atoms with Crippen LogP contribution in [0.25, 0.3) is 22.2 Å². The van der Waals surface area contributed by atoms with E-state index in [2.05, 4.69) is 37.1 Å². The van der Waals surface area contributed by atoms with Crippen molar-refractivity contribution < 1.29 is 4.79 Å². The summed E-state index contributed by atoms with van der Waals surface area (Å²) < 4.78 is 0. The van der Waals surface area contributed by atoms with Crippen molar-refractivity contribution in [2.75, 3.05) is 28.6 Å². The summed E-state index contributed by atoms with van der Waals surface area (Å²) in [4.78, 5) is 30.7. The molecular weight excluding hydrogens is 450 g/mol. The van der Waals surface area contributed by atoms with Gasteiger partial charge in [-0.3, -0.25) is 4.79 Å². The number of halogens is 1. The molecule has 5 rings (SSSR count). The molecule has 1 aromatic carbocycles. The van der Waals surface area contributed by atoms with Crippen LogP contribution in [0.4, 0.5) is 17.5 Å². The number of carbonyl (C=O) groups excluding carboxylic acids is 1. The molecule has 1 aliphatic rings. The van der Waals surface area contributed by atoms with Gasteiger partial charge in [0.15, 0.2) is 0 Å². The van der Waals surface area contributed by atoms with Crippen molar-refractivity contribution in [2.45, 2.75) is 18.9 Å². The summed E-state index contributed by atoms with van der Waals surface area (Å²) in [5.74, 6) is 1.15. The van der Waals surface area contributed by atoms with Crippen LogP contribution < -0.4 is 15.5 Å². The number of piperidine rings is 1. The van der Waals surface area contributed by atoms with E-state index in [0.29, 0.717) is 22.4 Å². The molecule has 0 bridgehead atoms. The lowest BCUT2D eigenvalue weighted by molar-refractivity contribution is -0.111. The van der Waals surface area contributed by atoms with Crippen molar-refractivity contribution in [1.29, 1.82) is 0 Å². The number of para-hydroxylation sites is 1. The van der Waals surface area contributed by atoms with E-state index in [4.69, 9.17) is 16.6 Å². The quantitative estimate of drug-likeness (QED) is 0.345. The zero-order valence-corrected chi connectivity index (χ0v) is 19.2. The van der Waals surface area contributed by atoms with Crippen LogP contribution in [0.5, 0.6) is 0 Å². The van der Waals surface area contributed by atoms with Crippen molar-refractivity contribution >= 4 is 45.9 Å². The smallest absolute Gasteiger partial charge is 0.247 e. The van der Waals surface area contributed by atoms with E-state index < -0.39 is 0 Å². The Balaban J connectivity index is 1.31. The summed E-state index contributed by atoms with van der Waals surface area (Å²) >= 11 is 6.47. The highest BCUT2D eigenvalue weighted by atomic mass is 35.5. The third kappa shape index (κ3) is 4.58. The predicted molar refractivity (Wildman–Crippen MR) is 136 cm³/mol. The molecule has 0 unspecified atom stereocenters. The van der Waals surface area contributed by atoms with Crippen LogP contribution in [0.1, 0.15) is 12.8 Å². The molecule has 9 heteroatoms. The topological polar surface area (TPSA) is 98.8 Å². The Morgan fingerprint density at radius 2 is 2.09 bits per heavy atom. The molecule has 0 aliphatic carbocycles. The maximum Gasteiger partial charge on any atom is 0.247 e. The van der Waals surface area contributed by atoms with Gasteiger partial charge >= 0.3 is 0 Å². The number of nitrogens with one attached hydrogen (secondary N) is 3. The zero-order chi connectivity index (χ0) is 23.5. The Morgan fingerprint density at radius 1 is 1.21 bits per heavy atom. The number of fused-ring (bicyclic) bond motifs is 1. The van der Waals surface area contributed by atoms with Crippen LogP contribution in [-0.2, 0) is 4.79 Å². The third-order valence-corrected chi connectivity index (χ3v) is 6.14. The van der Waals surface area contributed by atoms with E-state index in [1.54, 1.807) is 12.4 Å². The first-order chi connectivity index (χ1) is 16.6. The van der Waals surface area contributed by atoms with Gasteiger partial charge in [-0.2, -0.15) is 0 Å². The molecule has 1 atom stereocenters. The number of nitrogens with zero attached hydrogens (tertiary/aromatic N) is 4. The highest BCUT2D eigenvalue weighted by molar-refractivity contribution is 6.33. The summed E-state index contributed by atoms with van der Waals surface area (Å²) in [7, 11) is 0. The Bertz CT molecular complexity index is 1330. The highest BCUT2D eigenvalue weighted by Crippen LogP contribution is 2.32. The molecule has 8 nitrogen and oxygen atoms in total. The van der Waals surface area contributed by atoms with E-state index in [1.165, 1.54) is 6.08 Å². The van der Waals surface area contributed by atoms with Gasteiger partial charge < -0.3 is 20.5 Å². The summed E-state index contributed by atoms with van der Waals surface area (Å²) in [6.07, 6.45) is 8.47. The minimum atomic E-state index is -0.258. The van der Waals surface area contributed by atoms with Crippen LogP contribution in [0, 0.1) is 0 Å². The number of amides is 1. The maximum absolute atomic E-state index is 11.5. The van der Waals surface area contributed by atoms with E-state index in [0.717, 1.165) is 48.2 Å². The SMILES string of the molecule is C=CC(=O)Nc1ccc(N2CCC[C@@H](Nc3ncc(Cl)c(-c4c[nH]c5ccccc45)n3)C2)nc1. The zero-order valence-electron chi connectivity index (χ0n) is 18.5. The summed E-state index contributed by atoms with van der Waals surface area (Å²) in [6.45, 7) is 5.13. The van der Waals surface area contributed by atoms with Gasteiger partial charge in [0.1, 0.15) is 5.82 Å². The van der Waals surface area contributed by atoms with Crippen LogP contribution in [0.15, 0.2) is 67.6 Å². The van der Waals surface area contributed by atoms with E-state index in [-0.39, 0.29) is 11.9 Å². The summed E-state index contributed by atoms with van der Waals surface area (Å²) in [5, 5.41) is 7.76. The van der Waals surface area contributed by atoms with Gasteiger partial charge in [0.05, 0.1) is 28.8 Å². The van der Waals surface area contributed by atoms with Crippen LogP contribution >= 0.6 is 11.6 Å². The molecule has 1 amide bonds. The monoisotopic (exact) mass is 473 g/mol. The molecule has 172 valence electrons. The first kappa shape index (κ1) is 21.9. The van der Waals surface area contributed by atoms with Gasteiger partial charge in [0, 0.05) is 41.8 Å². The van der Waals surface area contributed by atoms with Gasteiger partial charge in [-0.05, 0) is 37.1 Å². The number of aromatic nitrogens is 4. The normalized spacial score (nSPS) is 15.8.